The van der Waals surface area contributed by atoms with Crippen LogP contribution in [0.3, 0.4) is 0 Å². The van der Waals surface area contributed by atoms with Gasteiger partial charge in [-0.05, 0) is 43.2 Å². The van der Waals surface area contributed by atoms with E-state index in [1.165, 1.54) is 11.8 Å². The maximum atomic E-state index is 12.7. The molecule has 1 saturated heterocycles. The number of allylic oxidation sites excluding steroid dienone is 2. The Labute approximate surface area is 151 Å². The van der Waals surface area contributed by atoms with Crippen LogP contribution in [0, 0.1) is 6.92 Å². The van der Waals surface area contributed by atoms with Crippen molar-refractivity contribution in [1.82, 2.24) is 0 Å². The second-order valence-corrected chi connectivity index (χ2v) is 7.33. The third-order valence-corrected chi connectivity index (χ3v) is 4.94. The predicted molar refractivity (Wildman–Crippen MR) is 107 cm³/mol. The Morgan fingerprint density at radius 1 is 1.08 bits per heavy atom. The lowest BCUT2D eigenvalue weighted by Gasteiger charge is -2.14. The number of aryl methyl sites for hydroxylation is 1. The molecule has 2 aromatic carbocycles. The molecule has 0 aliphatic carbocycles. The number of carbonyl (C=O) groups is 1. The van der Waals surface area contributed by atoms with Gasteiger partial charge < -0.3 is 0 Å². The van der Waals surface area contributed by atoms with Gasteiger partial charge >= 0.3 is 0 Å². The summed E-state index contributed by atoms with van der Waals surface area (Å²) in [5, 5.41) is 0. The van der Waals surface area contributed by atoms with E-state index in [0.29, 0.717) is 9.23 Å². The standard InChI is InChI=1S/C20H17NOS2/c1-14-8-10-17(11-9-14)21-19(22)18(24-20(21)23)13-15(2)12-16-6-4-3-5-7-16/h3-13H,1-2H3/b15-12+,18-13-. The van der Waals surface area contributed by atoms with Gasteiger partial charge in [-0.25, -0.2) is 0 Å². The van der Waals surface area contributed by atoms with E-state index in [1.807, 2.05) is 74.5 Å². The number of thiocarbonyl (C=S) groups is 1. The molecule has 0 atom stereocenters. The molecule has 1 heterocycles. The van der Waals surface area contributed by atoms with Crippen molar-refractivity contribution in [2.75, 3.05) is 4.90 Å². The summed E-state index contributed by atoms with van der Waals surface area (Å²) in [6, 6.07) is 17.9. The van der Waals surface area contributed by atoms with Gasteiger partial charge in [-0.1, -0.05) is 78.1 Å². The molecule has 0 unspecified atom stereocenters. The molecule has 0 spiro atoms. The fourth-order valence-corrected chi connectivity index (χ4v) is 3.79. The maximum Gasteiger partial charge on any atom is 0.270 e. The third kappa shape index (κ3) is 3.66. The Morgan fingerprint density at radius 2 is 1.75 bits per heavy atom. The summed E-state index contributed by atoms with van der Waals surface area (Å²) in [5.41, 5.74) is 4.10. The van der Waals surface area contributed by atoms with Crippen molar-refractivity contribution >= 4 is 46.0 Å². The highest BCUT2D eigenvalue weighted by atomic mass is 32.2. The third-order valence-electron chi connectivity index (χ3n) is 3.64. The van der Waals surface area contributed by atoms with E-state index in [0.717, 1.165) is 22.4 Å². The quantitative estimate of drug-likeness (QED) is 0.549. The average molecular weight is 351 g/mol. The molecule has 1 aliphatic rings. The molecule has 1 amide bonds. The summed E-state index contributed by atoms with van der Waals surface area (Å²) in [4.78, 5) is 15.0. The van der Waals surface area contributed by atoms with E-state index in [1.54, 1.807) is 4.90 Å². The van der Waals surface area contributed by atoms with Crippen molar-refractivity contribution in [3.63, 3.8) is 0 Å². The van der Waals surface area contributed by atoms with Crippen molar-refractivity contribution in [2.24, 2.45) is 0 Å². The lowest BCUT2D eigenvalue weighted by atomic mass is 10.1. The van der Waals surface area contributed by atoms with E-state index in [4.69, 9.17) is 12.2 Å². The fraction of sp³-hybridized carbons (Fsp3) is 0.100. The van der Waals surface area contributed by atoms with Gasteiger partial charge in [0.25, 0.3) is 5.91 Å². The van der Waals surface area contributed by atoms with Crippen LogP contribution >= 0.6 is 24.0 Å². The lowest BCUT2D eigenvalue weighted by Crippen LogP contribution is -2.27. The Morgan fingerprint density at radius 3 is 2.42 bits per heavy atom. The highest BCUT2D eigenvalue weighted by Crippen LogP contribution is 2.35. The molecule has 24 heavy (non-hydrogen) atoms. The molecule has 1 fully saturated rings. The molecular weight excluding hydrogens is 334 g/mol. The van der Waals surface area contributed by atoms with Crippen LogP contribution < -0.4 is 4.90 Å². The first-order chi connectivity index (χ1) is 11.5. The summed E-state index contributed by atoms with van der Waals surface area (Å²) < 4.78 is 0.572. The molecule has 120 valence electrons. The largest absolute Gasteiger partial charge is 0.270 e. The normalized spacial score (nSPS) is 17.0. The minimum atomic E-state index is -0.0605. The van der Waals surface area contributed by atoms with Crippen molar-refractivity contribution in [3.8, 4) is 0 Å². The topological polar surface area (TPSA) is 20.3 Å². The van der Waals surface area contributed by atoms with Crippen LogP contribution in [0.5, 0.6) is 0 Å². The van der Waals surface area contributed by atoms with Gasteiger partial charge in [-0.2, -0.15) is 0 Å². The Bertz CT molecular complexity index is 836. The van der Waals surface area contributed by atoms with Gasteiger partial charge in [-0.3, -0.25) is 9.69 Å². The number of nitrogens with zero attached hydrogens (tertiary/aromatic N) is 1. The van der Waals surface area contributed by atoms with Crippen LogP contribution in [0.4, 0.5) is 5.69 Å². The number of thioether (sulfide) groups is 1. The zero-order valence-electron chi connectivity index (χ0n) is 13.5. The molecule has 2 nitrogen and oxygen atoms in total. The van der Waals surface area contributed by atoms with E-state index in [9.17, 15) is 4.79 Å². The Hall–Kier alpha value is -2.17. The van der Waals surface area contributed by atoms with Crippen molar-refractivity contribution in [1.29, 1.82) is 0 Å². The van der Waals surface area contributed by atoms with Crippen LogP contribution in [0.25, 0.3) is 6.08 Å². The van der Waals surface area contributed by atoms with Crippen molar-refractivity contribution < 1.29 is 4.79 Å². The second kappa shape index (κ2) is 7.16. The lowest BCUT2D eigenvalue weighted by molar-refractivity contribution is -0.113. The van der Waals surface area contributed by atoms with Crippen LogP contribution in [0.15, 0.2) is 71.2 Å². The first-order valence-electron chi connectivity index (χ1n) is 7.62. The summed E-state index contributed by atoms with van der Waals surface area (Å²) >= 11 is 6.75. The zero-order valence-corrected chi connectivity index (χ0v) is 15.2. The predicted octanol–water partition coefficient (Wildman–Crippen LogP) is 5.35. The van der Waals surface area contributed by atoms with Gasteiger partial charge in [0.05, 0.1) is 10.6 Å². The summed E-state index contributed by atoms with van der Waals surface area (Å²) in [5.74, 6) is -0.0605. The van der Waals surface area contributed by atoms with Crippen LogP contribution in [-0.2, 0) is 4.79 Å². The molecule has 0 bridgehead atoms. The van der Waals surface area contributed by atoms with E-state index in [2.05, 4.69) is 6.08 Å². The highest BCUT2D eigenvalue weighted by Gasteiger charge is 2.33. The first-order valence-corrected chi connectivity index (χ1v) is 8.85. The van der Waals surface area contributed by atoms with Gasteiger partial charge in [-0.15, -0.1) is 0 Å². The summed E-state index contributed by atoms with van der Waals surface area (Å²) in [7, 11) is 0. The fourth-order valence-electron chi connectivity index (χ4n) is 2.44. The van der Waals surface area contributed by atoms with Crippen LogP contribution in [0.2, 0.25) is 0 Å². The minimum Gasteiger partial charge on any atom is -0.268 e. The molecule has 2 aromatic rings. The van der Waals surface area contributed by atoms with Crippen LogP contribution in [0.1, 0.15) is 18.1 Å². The van der Waals surface area contributed by atoms with E-state index < -0.39 is 0 Å². The maximum absolute atomic E-state index is 12.7. The van der Waals surface area contributed by atoms with Gasteiger partial charge in [0.1, 0.15) is 0 Å². The van der Waals surface area contributed by atoms with Gasteiger partial charge in [0, 0.05) is 0 Å². The van der Waals surface area contributed by atoms with Gasteiger partial charge in [0.2, 0.25) is 0 Å². The number of benzene rings is 2. The SMILES string of the molecule is CC(/C=C1\SC(=S)N(c2ccc(C)cc2)C1=O)=C\c1ccccc1. The summed E-state index contributed by atoms with van der Waals surface area (Å²) in [6.45, 7) is 4.01. The molecule has 0 saturated carbocycles. The molecule has 0 N–H and O–H groups in total. The number of hydrogen-bond donors (Lipinski definition) is 0. The average Bonchev–Trinajstić information content (AvgIpc) is 2.83. The Kier molecular flexibility index (Phi) is 4.97. The molecule has 1 aliphatic heterocycles. The minimum absolute atomic E-state index is 0.0605. The zero-order chi connectivity index (χ0) is 17.1. The smallest absolute Gasteiger partial charge is 0.268 e. The van der Waals surface area contributed by atoms with E-state index >= 15 is 0 Å². The number of amides is 1. The Balaban J connectivity index is 1.85. The van der Waals surface area contributed by atoms with Gasteiger partial charge in [0.15, 0.2) is 4.32 Å². The second-order valence-electron chi connectivity index (χ2n) is 5.65. The first kappa shape index (κ1) is 16.7. The van der Waals surface area contributed by atoms with E-state index in [-0.39, 0.29) is 5.91 Å². The van der Waals surface area contributed by atoms with Crippen LogP contribution in [-0.4, -0.2) is 10.2 Å². The number of hydrogen-bond acceptors (Lipinski definition) is 3. The van der Waals surface area contributed by atoms with Crippen molar-refractivity contribution in [2.45, 2.75) is 13.8 Å². The molecular formula is C20H17NOS2. The molecule has 0 aromatic heterocycles. The highest BCUT2D eigenvalue weighted by molar-refractivity contribution is 8.27. The molecule has 4 heteroatoms. The molecule has 0 radical (unpaired) electrons. The number of carbonyl (C=O) groups excluding carboxylic acids is 1. The van der Waals surface area contributed by atoms with Crippen molar-refractivity contribution in [3.05, 3.63) is 82.3 Å². The monoisotopic (exact) mass is 351 g/mol. The molecule has 3 rings (SSSR count). The number of anilines is 1. The number of rotatable bonds is 3. The summed E-state index contributed by atoms with van der Waals surface area (Å²) in [6.07, 6.45) is 3.96.